The fraction of sp³-hybridized carbons (Fsp3) is 0.409. The van der Waals surface area contributed by atoms with Crippen LogP contribution in [0.4, 0.5) is 0 Å². The number of unbranched alkanes of at least 4 members (excludes halogenated alkanes) is 1. The molecule has 0 aliphatic rings. The summed E-state index contributed by atoms with van der Waals surface area (Å²) in [5, 5.41) is 10.5. The minimum absolute atomic E-state index is 0.521. The Morgan fingerprint density at radius 3 is 2.56 bits per heavy atom. The lowest BCUT2D eigenvalue weighted by Crippen LogP contribution is -2.10. The normalized spacial score (nSPS) is 12.3. The molecule has 3 aromatic rings. The minimum Gasteiger partial charge on any atom is -0.493 e. The van der Waals surface area contributed by atoms with E-state index >= 15 is 0 Å². The van der Waals surface area contributed by atoms with Gasteiger partial charge in [-0.2, -0.15) is 0 Å². The van der Waals surface area contributed by atoms with Gasteiger partial charge in [0, 0.05) is 6.54 Å². The summed E-state index contributed by atoms with van der Waals surface area (Å²) in [4.78, 5) is 4.67. The summed E-state index contributed by atoms with van der Waals surface area (Å²) in [6.45, 7) is 3.51. The van der Waals surface area contributed by atoms with Gasteiger partial charge in [-0.25, -0.2) is 4.98 Å². The van der Waals surface area contributed by atoms with Crippen LogP contribution in [0.1, 0.15) is 44.5 Å². The predicted molar refractivity (Wildman–Crippen MR) is 107 cm³/mol. The zero-order chi connectivity index (χ0) is 19.1. The Morgan fingerprint density at radius 2 is 1.78 bits per heavy atom. The van der Waals surface area contributed by atoms with E-state index in [1.54, 1.807) is 7.11 Å². The van der Waals surface area contributed by atoms with Crippen molar-refractivity contribution in [2.24, 2.45) is 0 Å². The molecule has 3 rings (SSSR count). The molecule has 5 nitrogen and oxygen atoms in total. The maximum Gasteiger partial charge on any atom is 0.161 e. The monoisotopic (exact) mass is 368 g/mol. The number of methoxy groups -OCH3 is 1. The number of aromatic nitrogens is 2. The van der Waals surface area contributed by atoms with Crippen LogP contribution in [0.5, 0.6) is 11.5 Å². The molecule has 0 radical (unpaired) electrons. The average Bonchev–Trinajstić information content (AvgIpc) is 3.07. The lowest BCUT2D eigenvalue weighted by molar-refractivity contribution is 0.152. The van der Waals surface area contributed by atoms with Gasteiger partial charge in [-0.05, 0) is 43.5 Å². The zero-order valence-corrected chi connectivity index (χ0v) is 16.1. The molecule has 1 heterocycles. The van der Waals surface area contributed by atoms with Crippen molar-refractivity contribution >= 4 is 11.0 Å². The molecule has 0 amide bonds. The van der Waals surface area contributed by atoms with Crippen LogP contribution in [-0.2, 0) is 6.54 Å². The number of aryl methyl sites for hydroxylation is 1. The summed E-state index contributed by atoms with van der Waals surface area (Å²) in [7, 11) is 1.65. The van der Waals surface area contributed by atoms with Gasteiger partial charge >= 0.3 is 0 Å². The van der Waals surface area contributed by atoms with Crippen molar-refractivity contribution in [3.63, 3.8) is 0 Å². The van der Waals surface area contributed by atoms with Gasteiger partial charge < -0.3 is 19.1 Å². The van der Waals surface area contributed by atoms with Gasteiger partial charge in [-0.15, -0.1) is 0 Å². The van der Waals surface area contributed by atoms with Crippen molar-refractivity contribution in [2.45, 2.75) is 45.3 Å². The summed E-state index contributed by atoms with van der Waals surface area (Å²) in [6.07, 6.45) is 2.99. The molecule has 0 saturated carbocycles. The topological polar surface area (TPSA) is 56.5 Å². The molecule has 0 fully saturated rings. The highest BCUT2D eigenvalue weighted by atomic mass is 16.5. The number of rotatable bonds is 10. The van der Waals surface area contributed by atoms with Gasteiger partial charge in [-0.3, -0.25) is 0 Å². The summed E-state index contributed by atoms with van der Waals surface area (Å²) in [6, 6.07) is 15.7. The van der Waals surface area contributed by atoms with Crippen molar-refractivity contribution in [2.75, 3.05) is 13.7 Å². The Labute approximate surface area is 160 Å². The van der Waals surface area contributed by atoms with Gasteiger partial charge in [0.05, 0.1) is 24.8 Å². The van der Waals surface area contributed by atoms with Crippen molar-refractivity contribution < 1.29 is 14.6 Å². The smallest absolute Gasteiger partial charge is 0.161 e. The van der Waals surface area contributed by atoms with Crippen LogP contribution in [-0.4, -0.2) is 28.4 Å². The predicted octanol–water partition coefficient (Wildman–Crippen LogP) is 4.74. The van der Waals surface area contributed by atoms with E-state index in [0.29, 0.717) is 6.61 Å². The summed E-state index contributed by atoms with van der Waals surface area (Å²) >= 11 is 0. The van der Waals surface area contributed by atoms with Gasteiger partial charge in [-0.1, -0.05) is 37.6 Å². The lowest BCUT2D eigenvalue weighted by atomic mass is 10.2. The molecule has 5 heteroatoms. The van der Waals surface area contributed by atoms with Crippen LogP contribution in [0.25, 0.3) is 11.0 Å². The molecule has 1 N–H and O–H groups in total. The Morgan fingerprint density at radius 1 is 1.04 bits per heavy atom. The number of ether oxygens (including phenoxy) is 2. The molecule has 1 aromatic heterocycles. The highest BCUT2D eigenvalue weighted by Crippen LogP contribution is 2.26. The van der Waals surface area contributed by atoms with Crippen molar-refractivity contribution in [3.05, 3.63) is 54.4 Å². The second kappa shape index (κ2) is 9.42. The summed E-state index contributed by atoms with van der Waals surface area (Å²) in [5.41, 5.74) is 2.02. The van der Waals surface area contributed by atoms with Crippen LogP contribution in [0.3, 0.4) is 0 Å². The largest absolute Gasteiger partial charge is 0.493 e. The van der Waals surface area contributed by atoms with Crippen LogP contribution < -0.4 is 9.47 Å². The SMILES string of the molecule is CCCC(O)c1nc2ccccc2n1CCCCOc1ccccc1OC. The average molecular weight is 368 g/mol. The molecule has 2 aromatic carbocycles. The van der Waals surface area contributed by atoms with Gasteiger partial charge in [0.15, 0.2) is 11.5 Å². The van der Waals surface area contributed by atoms with Crippen LogP contribution in [0.15, 0.2) is 48.5 Å². The van der Waals surface area contributed by atoms with E-state index in [2.05, 4.69) is 22.5 Å². The molecule has 1 unspecified atom stereocenters. The van der Waals surface area contributed by atoms with Crippen LogP contribution in [0, 0.1) is 0 Å². The fourth-order valence-corrected chi connectivity index (χ4v) is 3.28. The third-order valence-corrected chi connectivity index (χ3v) is 4.65. The fourth-order valence-electron chi connectivity index (χ4n) is 3.28. The third kappa shape index (κ3) is 4.61. The number of para-hydroxylation sites is 4. The maximum atomic E-state index is 10.5. The standard InChI is InChI=1S/C22H28N2O3/c1-3-10-19(25)22-23-17-11-4-5-12-18(17)24(22)15-8-9-16-27-21-14-7-6-13-20(21)26-2/h4-7,11-14,19,25H,3,8-10,15-16H2,1-2H3. The lowest BCUT2D eigenvalue weighted by Gasteiger charge is -2.14. The maximum absolute atomic E-state index is 10.5. The number of nitrogens with zero attached hydrogens (tertiary/aromatic N) is 2. The third-order valence-electron chi connectivity index (χ3n) is 4.65. The molecular formula is C22H28N2O3. The summed E-state index contributed by atoms with van der Waals surface area (Å²) in [5.74, 6) is 2.29. The Hall–Kier alpha value is -2.53. The number of benzene rings is 2. The number of aliphatic hydroxyl groups is 1. The highest BCUT2D eigenvalue weighted by Gasteiger charge is 2.17. The molecule has 1 atom stereocenters. The molecular weight excluding hydrogens is 340 g/mol. The first-order chi connectivity index (χ1) is 13.2. The molecule has 0 saturated heterocycles. The molecule has 0 aliphatic heterocycles. The van der Waals surface area contributed by atoms with Gasteiger partial charge in [0.25, 0.3) is 0 Å². The molecule has 144 valence electrons. The van der Waals surface area contributed by atoms with Crippen molar-refractivity contribution in [1.82, 2.24) is 9.55 Å². The Bertz CT molecular complexity index is 860. The molecule has 27 heavy (non-hydrogen) atoms. The van der Waals surface area contributed by atoms with Crippen molar-refractivity contribution in [1.29, 1.82) is 0 Å². The van der Waals surface area contributed by atoms with E-state index in [9.17, 15) is 5.11 Å². The second-order valence-corrected chi connectivity index (χ2v) is 6.62. The second-order valence-electron chi connectivity index (χ2n) is 6.62. The first-order valence-corrected chi connectivity index (χ1v) is 9.63. The molecule has 0 spiro atoms. The summed E-state index contributed by atoms with van der Waals surface area (Å²) < 4.78 is 13.3. The number of fused-ring (bicyclic) bond motifs is 1. The van der Waals surface area contributed by atoms with E-state index in [-0.39, 0.29) is 0 Å². The van der Waals surface area contributed by atoms with E-state index in [1.807, 2.05) is 42.5 Å². The minimum atomic E-state index is -0.521. The van der Waals surface area contributed by atoms with E-state index in [0.717, 1.165) is 60.6 Å². The number of hydrogen-bond acceptors (Lipinski definition) is 4. The van der Waals surface area contributed by atoms with E-state index < -0.39 is 6.10 Å². The first-order valence-electron chi connectivity index (χ1n) is 9.63. The number of imidazole rings is 1. The Kier molecular flexibility index (Phi) is 6.71. The van der Waals surface area contributed by atoms with Gasteiger partial charge in [0.2, 0.25) is 0 Å². The first kappa shape index (κ1) is 19.2. The molecule has 0 aliphatic carbocycles. The van der Waals surface area contributed by atoms with E-state index in [4.69, 9.17) is 9.47 Å². The highest BCUT2D eigenvalue weighted by molar-refractivity contribution is 5.76. The molecule has 0 bridgehead atoms. The Balaban J connectivity index is 1.62. The number of hydrogen-bond donors (Lipinski definition) is 1. The number of aliphatic hydroxyl groups excluding tert-OH is 1. The zero-order valence-electron chi connectivity index (χ0n) is 16.1. The van der Waals surface area contributed by atoms with E-state index in [1.165, 1.54) is 0 Å². The van der Waals surface area contributed by atoms with Crippen molar-refractivity contribution in [3.8, 4) is 11.5 Å². The van der Waals surface area contributed by atoms with Crippen LogP contribution in [0.2, 0.25) is 0 Å². The van der Waals surface area contributed by atoms with Gasteiger partial charge in [0.1, 0.15) is 11.9 Å². The quantitative estimate of drug-likeness (QED) is 0.525. The van der Waals surface area contributed by atoms with Crippen LogP contribution >= 0.6 is 0 Å².